The van der Waals surface area contributed by atoms with Gasteiger partial charge < -0.3 is 14.8 Å². The summed E-state index contributed by atoms with van der Waals surface area (Å²) in [6.07, 6.45) is 0.933. The molecule has 0 saturated carbocycles. The Bertz CT molecular complexity index is 467. The minimum atomic E-state index is -1.03. The lowest BCUT2D eigenvalue weighted by atomic mass is 9.96. The number of aliphatic carboxylic acids is 1. The van der Waals surface area contributed by atoms with Crippen LogP contribution in [0.5, 0.6) is 0 Å². The second-order valence-corrected chi connectivity index (χ2v) is 4.33. The van der Waals surface area contributed by atoms with Crippen molar-refractivity contribution in [1.29, 1.82) is 0 Å². The van der Waals surface area contributed by atoms with Gasteiger partial charge in [-0.3, -0.25) is 10.1 Å². The highest BCUT2D eigenvalue weighted by molar-refractivity contribution is 5.69. The van der Waals surface area contributed by atoms with Crippen molar-refractivity contribution in [3.63, 3.8) is 0 Å². The van der Waals surface area contributed by atoms with Gasteiger partial charge >= 0.3 is 0 Å². The summed E-state index contributed by atoms with van der Waals surface area (Å²) >= 11 is 0. The first kappa shape index (κ1) is 12.3. The number of hydrogen-bond acceptors (Lipinski definition) is 5. The number of nitro benzene ring substituents is 1. The number of nitrogens with zero attached hydrogens (tertiary/aromatic N) is 2. The Hall–Kier alpha value is -2.11. The number of benzene rings is 1. The molecular formula is C12H13N2O4-. The Balaban J connectivity index is 2.15. The van der Waals surface area contributed by atoms with Crippen molar-refractivity contribution in [2.45, 2.75) is 12.8 Å². The molecule has 1 aliphatic heterocycles. The topological polar surface area (TPSA) is 86.5 Å². The summed E-state index contributed by atoms with van der Waals surface area (Å²) in [5.74, 6) is -1.47. The van der Waals surface area contributed by atoms with Crippen LogP contribution in [0.4, 0.5) is 11.4 Å². The van der Waals surface area contributed by atoms with Gasteiger partial charge in [-0.15, -0.1) is 0 Å². The predicted octanol–water partition coefficient (Wildman–Crippen LogP) is 0.561. The summed E-state index contributed by atoms with van der Waals surface area (Å²) in [7, 11) is 0. The summed E-state index contributed by atoms with van der Waals surface area (Å²) in [4.78, 5) is 23.1. The van der Waals surface area contributed by atoms with E-state index in [1.165, 1.54) is 6.07 Å². The van der Waals surface area contributed by atoms with Crippen molar-refractivity contribution < 1.29 is 14.8 Å². The highest BCUT2D eigenvalue weighted by Gasteiger charge is 2.24. The van der Waals surface area contributed by atoms with Crippen LogP contribution in [0.3, 0.4) is 0 Å². The van der Waals surface area contributed by atoms with Gasteiger partial charge in [0.1, 0.15) is 5.69 Å². The highest BCUT2D eigenvalue weighted by atomic mass is 16.6. The van der Waals surface area contributed by atoms with Crippen LogP contribution in [0.25, 0.3) is 0 Å². The molecule has 6 nitrogen and oxygen atoms in total. The van der Waals surface area contributed by atoms with Gasteiger partial charge in [-0.2, -0.15) is 0 Å². The van der Waals surface area contributed by atoms with Gasteiger partial charge in [0.2, 0.25) is 0 Å². The first-order chi connectivity index (χ1) is 8.59. The van der Waals surface area contributed by atoms with Crippen molar-refractivity contribution in [3.05, 3.63) is 34.4 Å². The van der Waals surface area contributed by atoms with E-state index in [4.69, 9.17) is 0 Å². The number of hydrogen-bond donors (Lipinski definition) is 0. The lowest BCUT2D eigenvalue weighted by molar-refractivity contribution is -0.384. The molecule has 2 rings (SSSR count). The summed E-state index contributed by atoms with van der Waals surface area (Å²) in [6.45, 7) is 1.01. The van der Waals surface area contributed by atoms with Crippen LogP contribution in [0.15, 0.2) is 24.3 Å². The molecule has 96 valence electrons. The van der Waals surface area contributed by atoms with Gasteiger partial charge in [0.15, 0.2) is 0 Å². The Morgan fingerprint density at radius 1 is 1.28 bits per heavy atom. The number of para-hydroxylation sites is 2. The molecule has 0 aliphatic carbocycles. The second-order valence-electron chi connectivity index (χ2n) is 4.33. The molecule has 1 saturated heterocycles. The molecule has 0 spiro atoms. The van der Waals surface area contributed by atoms with Crippen LogP contribution in [-0.4, -0.2) is 24.0 Å². The molecule has 1 heterocycles. The quantitative estimate of drug-likeness (QED) is 0.577. The second kappa shape index (κ2) is 5.03. The fourth-order valence-electron chi connectivity index (χ4n) is 2.24. The van der Waals surface area contributed by atoms with Crippen LogP contribution in [-0.2, 0) is 4.79 Å². The molecule has 1 aromatic rings. The van der Waals surface area contributed by atoms with Crippen LogP contribution < -0.4 is 10.0 Å². The normalized spacial score (nSPS) is 16.6. The van der Waals surface area contributed by atoms with Crippen molar-refractivity contribution in [2.24, 2.45) is 5.92 Å². The number of anilines is 1. The zero-order valence-corrected chi connectivity index (χ0v) is 9.74. The number of carboxylic acids is 1. The zero-order chi connectivity index (χ0) is 13.1. The summed E-state index contributed by atoms with van der Waals surface area (Å²) < 4.78 is 0. The largest absolute Gasteiger partial charge is 0.550 e. The lowest BCUT2D eigenvalue weighted by Crippen LogP contribution is -2.41. The van der Waals surface area contributed by atoms with Crippen molar-refractivity contribution in [3.8, 4) is 0 Å². The molecule has 0 aromatic heterocycles. The monoisotopic (exact) mass is 249 g/mol. The number of piperidine rings is 1. The van der Waals surface area contributed by atoms with E-state index in [0.29, 0.717) is 31.6 Å². The maximum Gasteiger partial charge on any atom is 0.292 e. The molecule has 0 N–H and O–H groups in total. The van der Waals surface area contributed by atoms with Crippen molar-refractivity contribution >= 4 is 17.3 Å². The van der Waals surface area contributed by atoms with Crippen molar-refractivity contribution in [2.75, 3.05) is 18.0 Å². The van der Waals surface area contributed by atoms with Gasteiger partial charge in [0.05, 0.1) is 4.92 Å². The van der Waals surface area contributed by atoms with Crippen LogP contribution >= 0.6 is 0 Å². The summed E-state index contributed by atoms with van der Waals surface area (Å²) in [5.41, 5.74) is 0.615. The molecule has 1 aliphatic rings. The molecule has 6 heteroatoms. The minimum absolute atomic E-state index is 0.0596. The van der Waals surface area contributed by atoms with Gasteiger partial charge in [0, 0.05) is 31.0 Å². The van der Waals surface area contributed by atoms with Crippen LogP contribution in [0, 0.1) is 16.0 Å². The van der Waals surface area contributed by atoms with Gasteiger partial charge in [-0.05, 0) is 18.9 Å². The number of nitro groups is 1. The molecular weight excluding hydrogens is 236 g/mol. The van der Waals surface area contributed by atoms with E-state index in [1.54, 1.807) is 18.2 Å². The van der Waals surface area contributed by atoms with Gasteiger partial charge in [-0.25, -0.2) is 0 Å². The van der Waals surface area contributed by atoms with E-state index >= 15 is 0 Å². The van der Waals surface area contributed by atoms with E-state index in [2.05, 4.69) is 0 Å². The van der Waals surface area contributed by atoms with Gasteiger partial charge in [0.25, 0.3) is 5.69 Å². The number of carbonyl (C=O) groups excluding carboxylic acids is 1. The Morgan fingerprint density at radius 2 is 1.89 bits per heavy atom. The summed E-state index contributed by atoms with van der Waals surface area (Å²) in [5, 5.41) is 21.6. The predicted molar refractivity (Wildman–Crippen MR) is 63.0 cm³/mol. The molecule has 1 aromatic carbocycles. The van der Waals surface area contributed by atoms with E-state index in [1.807, 2.05) is 4.90 Å². The fourth-order valence-corrected chi connectivity index (χ4v) is 2.24. The average molecular weight is 249 g/mol. The highest BCUT2D eigenvalue weighted by Crippen LogP contribution is 2.30. The smallest absolute Gasteiger partial charge is 0.292 e. The maximum atomic E-state index is 10.9. The number of carboxylic acid groups (broad SMARTS) is 1. The zero-order valence-electron chi connectivity index (χ0n) is 9.74. The van der Waals surface area contributed by atoms with E-state index in [0.717, 1.165) is 0 Å². The first-order valence-electron chi connectivity index (χ1n) is 5.79. The van der Waals surface area contributed by atoms with Crippen LogP contribution in [0.1, 0.15) is 12.8 Å². The van der Waals surface area contributed by atoms with Crippen molar-refractivity contribution in [1.82, 2.24) is 0 Å². The lowest BCUT2D eigenvalue weighted by Gasteiger charge is -2.33. The fraction of sp³-hybridized carbons (Fsp3) is 0.417. The standard InChI is InChI=1S/C12H14N2O4/c15-12(16)9-5-7-13(8-6-9)10-3-1-2-4-11(10)14(17)18/h1-4,9H,5-8H2,(H,15,16)/p-1. The molecule has 0 atom stereocenters. The maximum absolute atomic E-state index is 10.9. The Labute approximate surface area is 104 Å². The average Bonchev–Trinajstić information content (AvgIpc) is 2.39. The number of rotatable bonds is 3. The molecule has 0 unspecified atom stereocenters. The molecule has 0 bridgehead atoms. The third-order valence-corrected chi connectivity index (χ3v) is 3.25. The Morgan fingerprint density at radius 3 is 2.44 bits per heavy atom. The van der Waals surface area contributed by atoms with E-state index < -0.39 is 16.8 Å². The molecule has 18 heavy (non-hydrogen) atoms. The Kier molecular flexibility index (Phi) is 3.45. The third kappa shape index (κ3) is 2.42. The van der Waals surface area contributed by atoms with Gasteiger partial charge in [-0.1, -0.05) is 12.1 Å². The van der Waals surface area contributed by atoms with E-state index in [9.17, 15) is 20.0 Å². The van der Waals surface area contributed by atoms with E-state index in [-0.39, 0.29) is 5.69 Å². The van der Waals surface area contributed by atoms with Crippen LogP contribution in [0.2, 0.25) is 0 Å². The first-order valence-corrected chi connectivity index (χ1v) is 5.79. The number of carbonyl (C=O) groups is 1. The SMILES string of the molecule is O=C([O-])C1CCN(c2ccccc2[N+](=O)[O-])CC1. The minimum Gasteiger partial charge on any atom is -0.550 e. The molecule has 1 fully saturated rings. The summed E-state index contributed by atoms with van der Waals surface area (Å²) in [6, 6.07) is 6.51. The molecule has 0 amide bonds. The molecule has 0 radical (unpaired) electrons. The third-order valence-electron chi connectivity index (χ3n) is 3.25.